The van der Waals surface area contributed by atoms with E-state index >= 15 is 0 Å². The van der Waals surface area contributed by atoms with Crippen LogP contribution in [0.5, 0.6) is 5.75 Å². The number of rotatable bonds is 7. The monoisotopic (exact) mass is 289 g/mol. The summed E-state index contributed by atoms with van der Waals surface area (Å²) < 4.78 is 40.9. The first-order chi connectivity index (χ1) is 8.83. The van der Waals surface area contributed by atoms with Gasteiger partial charge in [0.1, 0.15) is 18.2 Å². The zero-order valence-corrected chi connectivity index (χ0v) is 12.3. The van der Waals surface area contributed by atoms with E-state index < -0.39 is 9.84 Å². The molecule has 0 aliphatic rings. The Kier molecular flexibility index (Phi) is 5.75. The maximum absolute atomic E-state index is 13.8. The summed E-state index contributed by atoms with van der Waals surface area (Å²) >= 11 is 0. The van der Waals surface area contributed by atoms with Gasteiger partial charge < -0.3 is 10.1 Å². The molecule has 0 heterocycles. The minimum atomic E-state index is -3.06. The molecule has 6 heteroatoms. The molecule has 0 saturated carbocycles. The van der Waals surface area contributed by atoms with E-state index in [2.05, 4.69) is 5.32 Å². The van der Waals surface area contributed by atoms with Gasteiger partial charge in [0.15, 0.2) is 9.84 Å². The van der Waals surface area contributed by atoms with Crippen LogP contribution in [0.15, 0.2) is 18.2 Å². The zero-order valence-electron chi connectivity index (χ0n) is 11.4. The Hall–Kier alpha value is -1.14. The topological polar surface area (TPSA) is 55.4 Å². The van der Waals surface area contributed by atoms with Crippen LogP contribution in [-0.4, -0.2) is 33.6 Å². The second kappa shape index (κ2) is 6.86. The van der Waals surface area contributed by atoms with Crippen molar-refractivity contribution >= 4 is 9.84 Å². The van der Waals surface area contributed by atoms with Gasteiger partial charge in [0, 0.05) is 23.9 Å². The molecule has 0 aliphatic heterocycles. The Morgan fingerprint density at radius 1 is 1.42 bits per heavy atom. The molecular formula is C13H20FNO3S. The molecule has 4 nitrogen and oxygen atoms in total. The normalized spacial score (nSPS) is 13.3. The fourth-order valence-corrected chi connectivity index (χ4v) is 2.06. The summed E-state index contributed by atoms with van der Waals surface area (Å²) in [7, 11) is -3.06. The summed E-state index contributed by atoms with van der Waals surface area (Å²) in [5.41, 5.74) is 0.567. The van der Waals surface area contributed by atoms with Crippen molar-refractivity contribution < 1.29 is 17.5 Å². The SMILES string of the molecule is CCNC(C)c1ccc(OCCS(C)(=O)=O)cc1F. The lowest BCUT2D eigenvalue weighted by atomic mass is 10.1. The quantitative estimate of drug-likeness (QED) is 0.833. The molecule has 0 bridgehead atoms. The van der Waals surface area contributed by atoms with Gasteiger partial charge >= 0.3 is 0 Å². The first kappa shape index (κ1) is 15.9. The lowest BCUT2D eigenvalue weighted by Crippen LogP contribution is -2.19. The van der Waals surface area contributed by atoms with E-state index in [-0.39, 0.29) is 24.2 Å². The summed E-state index contributed by atoms with van der Waals surface area (Å²) in [4.78, 5) is 0. The minimum absolute atomic E-state index is 0.0282. The Morgan fingerprint density at radius 2 is 2.11 bits per heavy atom. The third-order valence-electron chi connectivity index (χ3n) is 2.67. The van der Waals surface area contributed by atoms with Crippen LogP contribution in [0, 0.1) is 5.82 Å². The van der Waals surface area contributed by atoms with Gasteiger partial charge in [-0.2, -0.15) is 0 Å². The number of sulfone groups is 1. The van der Waals surface area contributed by atoms with Crippen LogP contribution in [0.25, 0.3) is 0 Å². The summed E-state index contributed by atoms with van der Waals surface area (Å²) in [6.07, 6.45) is 1.14. The zero-order chi connectivity index (χ0) is 14.5. The van der Waals surface area contributed by atoms with Gasteiger partial charge in [-0.1, -0.05) is 13.0 Å². The van der Waals surface area contributed by atoms with Gasteiger partial charge in [-0.3, -0.25) is 0 Å². The highest BCUT2D eigenvalue weighted by atomic mass is 32.2. The molecular weight excluding hydrogens is 269 g/mol. The third kappa shape index (κ3) is 5.57. The van der Waals surface area contributed by atoms with Crippen LogP contribution < -0.4 is 10.1 Å². The molecule has 1 unspecified atom stereocenters. The fraction of sp³-hybridized carbons (Fsp3) is 0.538. The smallest absolute Gasteiger partial charge is 0.150 e. The Labute approximate surface area is 113 Å². The van der Waals surface area contributed by atoms with Gasteiger partial charge in [-0.25, -0.2) is 12.8 Å². The summed E-state index contributed by atoms with van der Waals surface area (Å²) in [6.45, 7) is 4.62. The molecule has 19 heavy (non-hydrogen) atoms. The first-order valence-electron chi connectivity index (χ1n) is 6.17. The molecule has 1 atom stereocenters. The van der Waals surface area contributed by atoms with Crippen molar-refractivity contribution in [3.05, 3.63) is 29.6 Å². The molecule has 0 radical (unpaired) electrons. The van der Waals surface area contributed by atoms with Crippen LogP contribution in [-0.2, 0) is 9.84 Å². The van der Waals surface area contributed by atoms with Crippen LogP contribution >= 0.6 is 0 Å². The standard InChI is InChI=1S/C13H20FNO3S/c1-4-15-10(2)12-6-5-11(9-13(12)14)18-7-8-19(3,16)17/h5-6,9-10,15H,4,7-8H2,1-3H3. The van der Waals surface area contributed by atoms with E-state index in [0.29, 0.717) is 11.3 Å². The van der Waals surface area contributed by atoms with E-state index in [4.69, 9.17) is 4.74 Å². The highest BCUT2D eigenvalue weighted by Crippen LogP contribution is 2.21. The largest absolute Gasteiger partial charge is 0.492 e. The molecule has 0 aromatic heterocycles. The lowest BCUT2D eigenvalue weighted by molar-refractivity contribution is 0.338. The summed E-state index contributed by atoms with van der Waals surface area (Å²) in [5.74, 6) is -0.0941. The molecule has 0 spiro atoms. The second-order valence-corrected chi connectivity index (χ2v) is 6.70. The van der Waals surface area contributed by atoms with E-state index in [9.17, 15) is 12.8 Å². The van der Waals surface area contributed by atoms with Crippen LogP contribution in [0.4, 0.5) is 4.39 Å². The summed E-state index contributed by atoms with van der Waals surface area (Å²) in [6, 6.07) is 4.51. The van der Waals surface area contributed by atoms with Gasteiger partial charge in [-0.15, -0.1) is 0 Å². The predicted octanol–water partition coefficient (Wildman–Crippen LogP) is 1.92. The number of hydrogen-bond donors (Lipinski definition) is 1. The molecule has 0 fully saturated rings. The highest BCUT2D eigenvalue weighted by Gasteiger charge is 2.11. The molecule has 0 aliphatic carbocycles. The second-order valence-electron chi connectivity index (χ2n) is 4.44. The molecule has 1 rings (SSSR count). The molecule has 1 N–H and O–H groups in total. The average molecular weight is 289 g/mol. The van der Waals surface area contributed by atoms with E-state index in [1.807, 2.05) is 13.8 Å². The van der Waals surface area contributed by atoms with Crippen molar-refractivity contribution in [3.8, 4) is 5.75 Å². The number of hydrogen-bond acceptors (Lipinski definition) is 4. The van der Waals surface area contributed by atoms with Crippen molar-refractivity contribution in [2.24, 2.45) is 0 Å². The Bertz CT molecular complexity index is 517. The van der Waals surface area contributed by atoms with Crippen molar-refractivity contribution in [3.63, 3.8) is 0 Å². The predicted molar refractivity (Wildman–Crippen MR) is 73.7 cm³/mol. The molecule has 1 aromatic rings. The van der Waals surface area contributed by atoms with Crippen molar-refractivity contribution in [2.75, 3.05) is 25.2 Å². The average Bonchev–Trinajstić information content (AvgIpc) is 2.27. The van der Waals surface area contributed by atoms with Gasteiger partial charge in [-0.05, 0) is 19.5 Å². The van der Waals surface area contributed by atoms with Gasteiger partial charge in [0.2, 0.25) is 0 Å². The minimum Gasteiger partial charge on any atom is -0.492 e. The van der Waals surface area contributed by atoms with Crippen LogP contribution in [0.1, 0.15) is 25.5 Å². The summed E-state index contributed by atoms with van der Waals surface area (Å²) in [5, 5.41) is 3.12. The first-order valence-corrected chi connectivity index (χ1v) is 8.23. The third-order valence-corrected chi connectivity index (χ3v) is 3.58. The lowest BCUT2D eigenvalue weighted by Gasteiger charge is -2.14. The maximum Gasteiger partial charge on any atom is 0.150 e. The van der Waals surface area contributed by atoms with Crippen molar-refractivity contribution in [1.29, 1.82) is 0 Å². The van der Waals surface area contributed by atoms with E-state index in [1.165, 1.54) is 6.07 Å². The Morgan fingerprint density at radius 3 is 2.63 bits per heavy atom. The van der Waals surface area contributed by atoms with Crippen molar-refractivity contribution in [2.45, 2.75) is 19.9 Å². The van der Waals surface area contributed by atoms with Gasteiger partial charge in [0.05, 0.1) is 5.75 Å². The highest BCUT2D eigenvalue weighted by molar-refractivity contribution is 7.90. The number of nitrogens with one attached hydrogen (secondary N) is 1. The van der Waals surface area contributed by atoms with E-state index in [0.717, 1.165) is 12.8 Å². The van der Waals surface area contributed by atoms with Gasteiger partial charge in [0.25, 0.3) is 0 Å². The molecule has 1 aromatic carbocycles. The Balaban J connectivity index is 2.66. The molecule has 108 valence electrons. The van der Waals surface area contributed by atoms with Crippen molar-refractivity contribution in [1.82, 2.24) is 5.32 Å². The maximum atomic E-state index is 13.8. The van der Waals surface area contributed by atoms with Crippen LogP contribution in [0.2, 0.25) is 0 Å². The van der Waals surface area contributed by atoms with E-state index in [1.54, 1.807) is 12.1 Å². The van der Waals surface area contributed by atoms with Crippen LogP contribution in [0.3, 0.4) is 0 Å². The number of benzene rings is 1. The number of halogens is 1. The molecule has 0 amide bonds. The fourth-order valence-electron chi connectivity index (χ4n) is 1.68. The molecule has 0 saturated heterocycles. The number of ether oxygens (including phenoxy) is 1.